The minimum Gasteiger partial charge on any atom is -0.494 e. The molecule has 0 atom stereocenters. The van der Waals surface area contributed by atoms with E-state index in [1.54, 1.807) is 0 Å². The van der Waals surface area contributed by atoms with Crippen LogP contribution in [0.5, 0.6) is 5.75 Å². The zero-order valence-corrected chi connectivity index (χ0v) is 19.7. The Hall–Kier alpha value is -4.06. The molecule has 2 amide bonds. The molecule has 0 radical (unpaired) electrons. The maximum absolute atomic E-state index is 13.5. The summed E-state index contributed by atoms with van der Waals surface area (Å²) in [6.07, 6.45) is 0.912. The Labute approximate surface area is 200 Å². The second-order valence-electron chi connectivity index (χ2n) is 8.37. The van der Waals surface area contributed by atoms with Crippen molar-refractivity contribution in [3.63, 3.8) is 0 Å². The van der Waals surface area contributed by atoms with Crippen LogP contribution >= 0.6 is 0 Å². The number of amides is 2. The standard InChI is InChI=1S/C28H29N3O3/c1-4-18-34-24-16-10-21(11-17-24)25-26(29-22-12-14-23(15-13-22)30(2)3)28(33)31(27(25)32)19-20-8-6-5-7-9-20/h5-17,29H,4,18-19H2,1-3H3. The third-order valence-electron chi connectivity index (χ3n) is 5.62. The van der Waals surface area contributed by atoms with Crippen LogP contribution in [0.4, 0.5) is 11.4 Å². The number of ether oxygens (including phenoxy) is 1. The van der Waals surface area contributed by atoms with E-state index in [4.69, 9.17) is 4.74 Å². The first-order valence-corrected chi connectivity index (χ1v) is 11.4. The highest BCUT2D eigenvalue weighted by Crippen LogP contribution is 2.32. The highest BCUT2D eigenvalue weighted by Gasteiger charge is 2.39. The van der Waals surface area contributed by atoms with Crippen LogP contribution in [-0.2, 0) is 16.1 Å². The number of imide groups is 1. The van der Waals surface area contributed by atoms with E-state index in [9.17, 15) is 9.59 Å². The predicted octanol–water partition coefficient (Wildman–Crippen LogP) is 4.93. The third kappa shape index (κ3) is 4.96. The third-order valence-corrected chi connectivity index (χ3v) is 5.62. The molecule has 174 valence electrons. The molecule has 1 aliphatic heterocycles. The van der Waals surface area contributed by atoms with Crippen molar-refractivity contribution < 1.29 is 14.3 Å². The lowest BCUT2D eigenvalue weighted by Gasteiger charge is -2.16. The minimum absolute atomic E-state index is 0.213. The average Bonchev–Trinajstić information content (AvgIpc) is 3.08. The van der Waals surface area contributed by atoms with Crippen molar-refractivity contribution in [2.45, 2.75) is 19.9 Å². The molecule has 6 nitrogen and oxygen atoms in total. The second kappa shape index (κ2) is 10.3. The number of nitrogens with zero attached hydrogens (tertiary/aromatic N) is 2. The fraction of sp³-hybridized carbons (Fsp3) is 0.214. The molecule has 0 aromatic heterocycles. The van der Waals surface area contributed by atoms with Gasteiger partial charge in [-0.3, -0.25) is 14.5 Å². The van der Waals surface area contributed by atoms with Crippen LogP contribution in [0.25, 0.3) is 5.57 Å². The van der Waals surface area contributed by atoms with Gasteiger partial charge in [-0.2, -0.15) is 0 Å². The van der Waals surface area contributed by atoms with Gasteiger partial charge in [-0.05, 0) is 53.9 Å². The topological polar surface area (TPSA) is 61.9 Å². The van der Waals surface area contributed by atoms with Crippen molar-refractivity contribution in [2.24, 2.45) is 0 Å². The molecule has 0 spiro atoms. The molecule has 1 N–H and O–H groups in total. The van der Waals surface area contributed by atoms with Crippen LogP contribution in [0, 0.1) is 0 Å². The lowest BCUT2D eigenvalue weighted by Crippen LogP contribution is -2.31. The van der Waals surface area contributed by atoms with Gasteiger partial charge in [-0.1, -0.05) is 49.4 Å². The molecule has 6 heteroatoms. The number of anilines is 2. The molecular weight excluding hydrogens is 426 g/mol. The van der Waals surface area contributed by atoms with Crippen molar-refractivity contribution in [2.75, 3.05) is 30.9 Å². The average molecular weight is 456 g/mol. The number of rotatable bonds is 9. The summed E-state index contributed by atoms with van der Waals surface area (Å²) in [7, 11) is 3.94. The number of carbonyl (C=O) groups is 2. The van der Waals surface area contributed by atoms with Gasteiger partial charge in [-0.15, -0.1) is 0 Å². The van der Waals surface area contributed by atoms with E-state index in [0.29, 0.717) is 17.7 Å². The number of hydrogen-bond donors (Lipinski definition) is 1. The Morgan fingerprint density at radius 3 is 2.15 bits per heavy atom. The summed E-state index contributed by atoms with van der Waals surface area (Å²) in [5.41, 5.74) is 3.99. The van der Waals surface area contributed by atoms with Crippen LogP contribution in [0.15, 0.2) is 84.6 Å². The summed E-state index contributed by atoms with van der Waals surface area (Å²) in [6.45, 7) is 2.89. The largest absolute Gasteiger partial charge is 0.494 e. The quantitative estimate of drug-likeness (QED) is 0.464. The van der Waals surface area contributed by atoms with Gasteiger partial charge in [0.15, 0.2) is 0 Å². The summed E-state index contributed by atoms with van der Waals surface area (Å²) >= 11 is 0. The molecule has 4 rings (SSSR count). The van der Waals surface area contributed by atoms with Crippen molar-refractivity contribution in [3.8, 4) is 5.75 Å². The van der Waals surface area contributed by atoms with E-state index in [1.807, 2.05) is 105 Å². The molecule has 0 fully saturated rings. The highest BCUT2D eigenvalue weighted by molar-refractivity contribution is 6.36. The molecule has 1 heterocycles. The van der Waals surface area contributed by atoms with Crippen molar-refractivity contribution in [3.05, 3.63) is 95.7 Å². The maximum atomic E-state index is 13.5. The van der Waals surface area contributed by atoms with E-state index < -0.39 is 0 Å². The molecule has 34 heavy (non-hydrogen) atoms. The maximum Gasteiger partial charge on any atom is 0.278 e. The molecular formula is C28H29N3O3. The van der Waals surface area contributed by atoms with Gasteiger partial charge in [0.2, 0.25) is 0 Å². The van der Waals surface area contributed by atoms with Gasteiger partial charge in [0.05, 0.1) is 18.7 Å². The Kier molecular flexibility index (Phi) is 6.97. The van der Waals surface area contributed by atoms with Gasteiger partial charge >= 0.3 is 0 Å². The molecule has 3 aromatic carbocycles. The molecule has 0 aliphatic carbocycles. The van der Waals surface area contributed by atoms with Gasteiger partial charge in [0, 0.05) is 25.5 Å². The summed E-state index contributed by atoms with van der Waals surface area (Å²) < 4.78 is 5.68. The number of carbonyl (C=O) groups excluding carboxylic acids is 2. The normalized spacial score (nSPS) is 13.4. The first-order valence-electron chi connectivity index (χ1n) is 11.4. The van der Waals surface area contributed by atoms with Crippen LogP contribution in [0.2, 0.25) is 0 Å². The highest BCUT2D eigenvalue weighted by atomic mass is 16.5. The zero-order chi connectivity index (χ0) is 24.1. The lowest BCUT2D eigenvalue weighted by molar-refractivity contribution is -0.137. The predicted molar refractivity (Wildman–Crippen MR) is 136 cm³/mol. The zero-order valence-electron chi connectivity index (χ0n) is 19.7. The van der Waals surface area contributed by atoms with E-state index in [-0.39, 0.29) is 24.1 Å². The van der Waals surface area contributed by atoms with Crippen LogP contribution in [-0.4, -0.2) is 37.4 Å². The van der Waals surface area contributed by atoms with Crippen molar-refractivity contribution in [1.82, 2.24) is 4.90 Å². The first kappa shape index (κ1) is 23.1. The Morgan fingerprint density at radius 2 is 1.53 bits per heavy atom. The molecule has 1 aliphatic rings. The summed E-state index contributed by atoms with van der Waals surface area (Å²) in [6, 6.07) is 24.6. The summed E-state index contributed by atoms with van der Waals surface area (Å²) in [4.78, 5) is 30.2. The Bertz CT molecular complexity index is 1180. The molecule has 3 aromatic rings. The second-order valence-corrected chi connectivity index (χ2v) is 8.37. The SMILES string of the molecule is CCCOc1ccc(C2=C(Nc3ccc(N(C)C)cc3)C(=O)N(Cc3ccccc3)C2=O)cc1. The first-order chi connectivity index (χ1) is 16.5. The molecule has 0 bridgehead atoms. The monoisotopic (exact) mass is 455 g/mol. The van der Waals surface area contributed by atoms with Crippen LogP contribution in [0.3, 0.4) is 0 Å². The minimum atomic E-state index is -0.341. The Balaban J connectivity index is 1.68. The van der Waals surface area contributed by atoms with Crippen LogP contribution in [0.1, 0.15) is 24.5 Å². The molecule has 0 saturated heterocycles. The summed E-state index contributed by atoms with van der Waals surface area (Å²) in [5, 5.41) is 3.22. The van der Waals surface area contributed by atoms with Gasteiger partial charge in [0.25, 0.3) is 11.8 Å². The van der Waals surface area contributed by atoms with Gasteiger partial charge < -0.3 is 15.0 Å². The summed E-state index contributed by atoms with van der Waals surface area (Å²) in [5.74, 6) is 0.0771. The number of hydrogen-bond acceptors (Lipinski definition) is 5. The Morgan fingerprint density at radius 1 is 0.853 bits per heavy atom. The smallest absolute Gasteiger partial charge is 0.278 e. The number of nitrogens with one attached hydrogen (secondary N) is 1. The van der Waals surface area contributed by atoms with Gasteiger partial charge in [-0.25, -0.2) is 0 Å². The fourth-order valence-corrected chi connectivity index (χ4v) is 3.79. The molecule has 0 unspecified atom stereocenters. The molecule has 0 saturated carbocycles. The lowest BCUT2D eigenvalue weighted by atomic mass is 10.0. The number of benzene rings is 3. The van der Waals surface area contributed by atoms with E-state index in [1.165, 1.54) is 4.90 Å². The van der Waals surface area contributed by atoms with Crippen LogP contribution < -0.4 is 15.0 Å². The van der Waals surface area contributed by atoms with Crippen molar-refractivity contribution >= 4 is 28.8 Å². The van der Waals surface area contributed by atoms with Gasteiger partial charge in [0.1, 0.15) is 11.4 Å². The van der Waals surface area contributed by atoms with E-state index in [0.717, 1.165) is 29.1 Å². The van der Waals surface area contributed by atoms with E-state index in [2.05, 4.69) is 5.32 Å². The van der Waals surface area contributed by atoms with E-state index >= 15 is 0 Å². The fourth-order valence-electron chi connectivity index (χ4n) is 3.79. The van der Waals surface area contributed by atoms with Crippen molar-refractivity contribution in [1.29, 1.82) is 0 Å².